The Kier molecular flexibility index (Phi) is 3.90. The number of benzene rings is 2. The predicted molar refractivity (Wildman–Crippen MR) is 70.6 cm³/mol. The van der Waals surface area contributed by atoms with Crippen molar-refractivity contribution in [3.8, 4) is 6.07 Å². The Morgan fingerprint density at radius 1 is 0.950 bits per heavy atom. The molecule has 0 radical (unpaired) electrons. The predicted octanol–water partition coefficient (Wildman–Crippen LogP) is 4.66. The van der Waals surface area contributed by atoms with Crippen LogP contribution in [0.25, 0.3) is 5.57 Å². The molecule has 0 N–H and O–H groups in total. The molecular formula is C16H10F3N. The minimum Gasteiger partial charge on any atom is -0.193 e. The molecule has 20 heavy (non-hydrogen) atoms. The summed E-state index contributed by atoms with van der Waals surface area (Å²) in [6.07, 6.45) is -3.32. The molecule has 100 valence electrons. The molecule has 0 heterocycles. The highest BCUT2D eigenvalue weighted by molar-refractivity contribution is 5.82. The van der Waals surface area contributed by atoms with Crippen molar-refractivity contribution < 1.29 is 13.2 Å². The zero-order valence-electron chi connectivity index (χ0n) is 10.4. The molecular weight excluding hydrogens is 263 g/mol. The molecule has 0 unspecified atom stereocenters. The van der Waals surface area contributed by atoms with Crippen LogP contribution >= 0.6 is 0 Å². The first kappa shape index (κ1) is 13.9. The zero-order valence-corrected chi connectivity index (χ0v) is 10.4. The van der Waals surface area contributed by atoms with Gasteiger partial charge < -0.3 is 0 Å². The number of hydrogen-bond acceptors (Lipinski definition) is 1. The Labute approximate surface area is 114 Å². The summed E-state index contributed by atoms with van der Waals surface area (Å²) in [4.78, 5) is 0. The number of rotatable bonds is 2. The smallest absolute Gasteiger partial charge is 0.193 e. The minimum atomic E-state index is -4.46. The fourth-order valence-electron chi connectivity index (χ4n) is 1.96. The van der Waals surface area contributed by atoms with Crippen LogP contribution in [0.1, 0.15) is 16.7 Å². The number of nitriles is 1. The van der Waals surface area contributed by atoms with Crippen LogP contribution in [-0.2, 0) is 6.18 Å². The van der Waals surface area contributed by atoms with Crippen LogP contribution in [0, 0.1) is 11.3 Å². The third-order valence-electron chi connectivity index (χ3n) is 2.82. The van der Waals surface area contributed by atoms with Crippen LogP contribution < -0.4 is 0 Å². The standard InChI is InChI=1S/C16H10F3N/c17-16(18,19)15-9-5-4-8-14(15)13(10-11-20)12-6-2-1-3-7-12/h1-10H/b13-10+. The van der Waals surface area contributed by atoms with E-state index in [4.69, 9.17) is 5.26 Å². The van der Waals surface area contributed by atoms with Crippen molar-refractivity contribution in [2.45, 2.75) is 6.18 Å². The van der Waals surface area contributed by atoms with E-state index in [2.05, 4.69) is 0 Å². The lowest BCUT2D eigenvalue weighted by Crippen LogP contribution is -2.09. The summed E-state index contributed by atoms with van der Waals surface area (Å²) in [6, 6.07) is 15.6. The molecule has 4 heteroatoms. The van der Waals surface area contributed by atoms with Gasteiger partial charge in [0.15, 0.2) is 0 Å². The molecule has 0 aromatic heterocycles. The van der Waals surface area contributed by atoms with E-state index >= 15 is 0 Å². The number of alkyl halides is 3. The van der Waals surface area contributed by atoms with Crippen molar-refractivity contribution in [1.29, 1.82) is 5.26 Å². The lowest BCUT2D eigenvalue weighted by molar-refractivity contribution is -0.137. The monoisotopic (exact) mass is 273 g/mol. The SMILES string of the molecule is N#C/C=C(\c1ccccc1)c1ccccc1C(F)(F)F. The van der Waals surface area contributed by atoms with E-state index in [1.807, 2.05) is 6.07 Å². The number of nitrogens with zero attached hydrogens (tertiary/aromatic N) is 1. The van der Waals surface area contributed by atoms with E-state index in [-0.39, 0.29) is 11.1 Å². The summed E-state index contributed by atoms with van der Waals surface area (Å²) in [5, 5.41) is 8.85. The highest BCUT2D eigenvalue weighted by Crippen LogP contribution is 2.36. The Morgan fingerprint density at radius 2 is 1.55 bits per heavy atom. The van der Waals surface area contributed by atoms with Crippen molar-refractivity contribution in [3.05, 3.63) is 77.4 Å². The lowest BCUT2D eigenvalue weighted by Gasteiger charge is -2.15. The molecule has 0 aliphatic carbocycles. The molecule has 2 rings (SSSR count). The molecule has 0 atom stereocenters. The zero-order chi connectivity index (χ0) is 14.6. The van der Waals surface area contributed by atoms with E-state index in [1.54, 1.807) is 30.3 Å². The van der Waals surface area contributed by atoms with Gasteiger partial charge in [-0.1, -0.05) is 48.5 Å². The third kappa shape index (κ3) is 2.89. The van der Waals surface area contributed by atoms with Gasteiger partial charge in [-0.3, -0.25) is 0 Å². The highest BCUT2D eigenvalue weighted by Gasteiger charge is 2.33. The molecule has 2 aromatic carbocycles. The van der Waals surface area contributed by atoms with Gasteiger partial charge in [0.1, 0.15) is 0 Å². The van der Waals surface area contributed by atoms with Gasteiger partial charge in [-0.05, 0) is 22.8 Å². The van der Waals surface area contributed by atoms with E-state index in [0.29, 0.717) is 5.56 Å². The second-order valence-corrected chi connectivity index (χ2v) is 4.10. The molecule has 0 fully saturated rings. The van der Waals surface area contributed by atoms with Gasteiger partial charge in [0.2, 0.25) is 0 Å². The Hall–Kier alpha value is -2.54. The van der Waals surface area contributed by atoms with Crippen molar-refractivity contribution in [2.24, 2.45) is 0 Å². The largest absolute Gasteiger partial charge is 0.417 e. The van der Waals surface area contributed by atoms with Crippen LogP contribution in [0.3, 0.4) is 0 Å². The average molecular weight is 273 g/mol. The maximum absolute atomic E-state index is 13.1. The van der Waals surface area contributed by atoms with Gasteiger partial charge >= 0.3 is 6.18 Å². The number of hydrogen-bond donors (Lipinski definition) is 0. The first-order chi connectivity index (χ1) is 9.54. The normalized spacial score (nSPS) is 12.0. The summed E-state index contributed by atoms with van der Waals surface area (Å²) >= 11 is 0. The van der Waals surface area contributed by atoms with E-state index in [0.717, 1.165) is 12.1 Å². The Morgan fingerprint density at radius 3 is 2.15 bits per heavy atom. The summed E-state index contributed by atoms with van der Waals surface area (Å²) < 4.78 is 39.2. The summed E-state index contributed by atoms with van der Waals surface area (Å²) in [6.45, 7) is 0. The van der Waals surface area contributed by atoms with Crippen LogP contribution in [0.2, 0.25) is 0 Å². The second-order valence-electron chi connectivity index (χ2n) is 4.10. The highest BCUT2D eigenvalue weighted by atomic mass is 19.4. The summed E-state index contributed by atoms with van der Waals surface area (Å²) in [7, 11) is 0. The first-order valence-corrected chi connectivity index (χ1v) is 5.86. The Bertz CT molecular complexity index is 664. The van der Waals surface area contributed by atoms with Crippen LogP contribution in [-0.4, -0.2) is 0 Å². The molecule has 0 amide bonds. The van der Waals surface area contributed by atoms with E-state index in [1.165, 1.54) is 18.2 Å². The van der Waals surface area contributed by atoms with Gasteiger partial charge in [-0.2, -0.15) is 18.4 Å². The number of halogens is 3. The average Bonchev–Trinajstić information content (AvgIpc) is 2.45. The molecule has 0 saturated carbocycles. The van der Waals surface area contributed by atoms with Gasteiger partial charge in [0.25, 0.3) is 0 Å². The molecule has 0 aliphatic heterocycles. The molecule has 2 aromatic rings. The second kappa shape index (κ2) is 5.62. The van der Waals surface area contributed by atoms with Crippen molar-refractivity contribution in [2.75, 3.05) is 0 Å². The summed E-state index contributed by atoms with van der Waals surface area (Å²) in [5.74, 6) is 0. The van der Waals surface area contributed by atoms with Crippen LogP contribution in [0.15, 0.2) is 60.7 Å². The molecule has 0 spiro atoms. The van der Waals surface area contributed by atoms with Crippen molar-refractivity contribution >= 4 is 5.57 Å². The molecule has 1 nitrogen and oxygen atoms in total. The van der Waals surface area contributed by atoms with E-state index < -0.39 is 11.7 Å². The van der Waals surface area contributed by atoms with Crippen LogP contribution in [0.4, 0.5) is 13.2 Å². The molecule has 0 bridgehead atoms. The van der Waals surface area contributed by atoms with Gasteiger partial charge in [0, 0.05) is 6.08 Å². The van der Waals surface area contributed by atoms with Gasteiger partial charge in [-0.25, -0.2) is 0 Å². The van der Waals surface area contributed by atoms with Gasteiger partial charge in [0.05, 0.1) is 11.6 Å². The number of allylic oxidation sites excluding steroid dienone is 1. The minimum absolute atomic E-state index is 0.00718. The topological polar surface area (TPSA) is 23.8 Å². The van der Waals surface area contributed by atoms with E-state index in [9.17, 15) is 13.2 Å². The van der Waals surface area contributed by atoms with Crippen molar-refractivity contribution in [1.82, 2.24) is 0 Å². The first-order valence-electron chi connectivity index (χ1n) is 5.86. The maximum Gasteiger partial charge on any atom is 0.417 e. The maximum atomic E-state index is 13.1. The summed E-state index contributed by atoms with van der Waals surface area (Å²) in [5.41, 5.74) is 0.102. The van der Waals surface area contributed by atoms with Crippen molar-refractivity contribution in [3.63, 3.8) is 0 Å². The Balaban J connectivity index is 2.65. The third-order valence-corrected chi connectivity index (χ3v) is 2.82. The lowest BCUT2D eigenvalue weighted by atomic mass is 9.93. The van der Waals surface area contributed by atoms with Crippen LogP contribution in [0.5, 0.6) is 0 Å². The quantitative estimate of drug-likeness (QED) is 0.730. The van der Waals surface area contributed by atoms with Gasteiger partial charge in [-0.15, -0.1) is 0 Å². The fraction of sp³-hybridized carbons (Fsp3) is 0.0625. The fourth-order valence-corrected chi connectivity index (χ4v) is 1.96. The molecule has 0 saturated heterocycles. The molecule has 0 aliphatic rings.